The third-order valence-corrected chi connectivity index (χ3v) is 4.82. The number of halogens is 1. The molecule has 22 heavy (non-hydrogen) atoms. The number of sulfonamides is 1. The highest BCUT2D eigenvalue weighted by Crippen LogP contribution is 2.29. The van der Waals surface area contributed by atoms with Crippen molar-refractivity contribution < 1.29 is 13.2 Å². The summed E-state index contributed by atoms with van der Waals surface area (Å²) in [5, 5.41) is 2.62. The number of anilines is 2. The summed E-state index contributed by atoms with van der Waals surface area (Å²) in [4.78, 5) is 18.9. The van der Waals surface area contributed by atoms with Crippen LogP contribution in [0.2, 0.25) is 0 Å². The Kier molecular flexibility index (Phi) is 4.77. The van der Waals surface area contributed by atoms with Gasteiger partial charge in [0.2, 0.25) is 5.91 Å². The molecular weight excluding hydrogens is 372 g/mol. The van der Waals surface area contributed by atoms with Crippen molar-refractivity contribution in [2.45, 2.75) is 18.7 Å². The van der Waals surface area contributed by atoms with Gasteiger partial charge in [0.15, 0.2) is 5.82 Å². The van der Waals surface area contributed by atoms with Crippen LogP contribution in [0.15, 0.2) is 40.1 Å². The van der Waals surface area contributed by atoms with Crippen LogP contribution >= 0.6 is 15.9 Å². The number of benzene rings is 1. The first-order chi connectivity index (χ1) is 10.3. The fourth-order valence-electron chi connectivity index (χ4n) is 1.78. The Labute approximate surface area is 136 Å². The van der Waals surface area contributed by atoms with Gasteiger partial charge in [-0.1, -0.05) is 0 Å². The van der Waals surface area contributed by atoms with E-state index < -0.39 is 10.0 Å². The summed E-state index contributed by atoms with van der Waals surface area (Å²) >= 11 is 3.25. The van der Waals surface area contributed by atoms with Crippen molar-refractivity contribution in [2.75, 3.05) is 10.0 Å². The van der Waals surface area contributed by atoms with E-state index in [9.17, 15) is 13.2 Å². The first-order valence-electron chi connectivity index (χ1n) is 6.16. The number of rotatable bonds is 4. The lowest BCUT2D eigenvalue weighted by Crippen LogP contribution is -2.16. The SMILES string of the molecule is CC(=O)Nc1cc(C)c(S(=O)(=O)Nc2cnccn2)cc1Br. The number of hydrogen-bond acceptors (Lipinski definition) is 5. The number of carbonyl (C=O) groups excluding carboxylic acids is 1. The minimum Gasteiger partial charge on any atom is -0.325 e. The molecule has 0 saturated carbocycles. The summed E-state index contributed by atoms with van der Waals surface area (Å²) in [7, 11) is -3.81. The van der Waals surface area contributed by atoms with Gasteiger partial charge in [-0.2, -0.15) is 0 Å². The Morgan fingerprint density at radius 2 is 2.00 bits per heavy atom. The standard InChI is InChI=1S/C13H13BrN4O3S/c1-8-5-11(17-9(2)19)10(14)6-12(8)22(20,21)18-13-7-15-3-4-16-13/h3-7H,1-2H3,(H,16,18)(H,17,19). The topological polar surface area (TPSA) is 101 Å². The second-order valence-electron chi connectivity index (χ2n) is 4.47. The molecule has 1 aromatic heterocycles. The van der Waals surface area contributed by atoms with Gasteiger partial charge in [-0.3, -0.25) is 14.5 Å². The fraction of sp³-hybridized carbons (Fsp3) is 0.154. The average Bonchev–Trinajstić information content (AvgIpc) is 2.42. The highest BCUT2D eigenvalue weighted by Gasteiger charge is 2.20. The van der Waals surface area contributed by atoms with Gasteiger partial charge in [-0.15, -0.1) is 0 Å². The van der Waals surface area contributed by atoms with E-state index in [-0.39, 0.29) is 16.6 Å². The number of carbonyl (C=O) groups is 1. The summed E-state index contributed by atoms with van der Waals surface area (Å²) in [6, 6.07) is 3.01. The van der Waals surface area contributed by atoms with Gasteiger partial charge in [0.1, 0.15) is 0 Å². The fourth-order valence-corrected chi connectivity index (χ4v) is 3.62. The zero-order valence-electron chi connectivity index (χ0n) is 11.8. The molecule has 2 aromatic rings. The lowest BCUT2D eigenvalue weighted by Gasteiger charge is -2.13. The number of aromatic nitrogens is 2. The first-order valence-corrected chi connectivity index (χ1v) is 8.44. The van der Waals surface area contributed by atoms with Crippen LogP contribution in [-0.2, 0) is 14.8 Å². The zero-order valence-corrected chi connectivity index (χ0v) is 14.2. The largest absolute Gasteiger partial charge is 0.325 e. The molecule has 0 fully saturated rings. The third kappa shape index (κ3) is 3.80. The molecule has 1 amide bonds. The highest BCUT2D eigenvalue weighted by molar-refractivity contribution is 9.10. The molecule has 0 aliphatic carbocycles. The van der Waals surface area contributed by atoms with Gasteiger partial charge >= 0.3 is 0 Å². The molecule has 0 radical (unpaired) electrons. The van der Waals surface area contributed by atoms with E-state index in [4.69, 9.17) is 0 Å². The van der Waals surface area contributed by atoms with Crippen LogP contribution in [0.3, 0.4) is 0 Å². The highest BCUT2D eigenvalue weighted by atomic mass is 79.9. The first kappa shape index (κ1) is 16.4. The molecule has 0 saturated heterocycles. The Morgan fingerprint density at radius 1 is 1.27 bits per heavy atom. The van der Waals surface area contributed by atoms with Crippen molar-refractivity contribution >= 4 is 43.4 Å². The molecule has 0 aliphatic rings. The lowest BCUT2D eigenvalue weighted by molar-refractivity contribution is -0.114. The van der Waals surface area contributed by atoms with Crippen molar-refractivity contribution in [3.8, 4) is 0 Å². The minimum atomic E-state index is -3.81. The van der Waals surface area contributed by atoms with Crippen molar-refractivity contribution in [1.82, 2.24) is 9.97 Å². The van der Waals surface area contributed by atoms with Crippen LogP contribution in [0.1, 0.15) is 12.5 Å². The van der Waals surface area contributed by atoms with Gasteiger partial charge in [-0.05, 0) is 40.5 Å². The molecule has 0 atom stereocenters. The van der Waals surface area contributed by atoms with Crippen LogP contribution in [0.4, 0.5) is 11.5 Å². The van der Waals surface area contributed by atoms with Crippen LogP contribution in [0.25, 0.3) is 0 Å². The Balaban J connectivity index is 2.39. The summed E-state index contributed by atoms with van der Waals surface area (Å²) in [6.45, 7) is 3.02. The second kappa shape index (κ2) is 6.41. The lowest BCUT2D eigenvalue weighted by atomic mass is 10.2. The van der Waals surface area contributed by atoms with E-state index in [0.717, 1.165) is 0 Å². The van der Waals surface area contributed by atoms with Gasteiger partial charge in [0.05, 0.1) is 16.8 Å². The number of nitrogens with zero attached hydrogens (tertiary/aromatic N) is 2. The molecule has 9 heteroatoms. The predicted molar refractivity (Wildman–Crippen MR) is 86.0 cm³/mol. The van der Waals surface area contributed by atoms with Crippen molar-refractivity contribution in [2.24, 2.45) is 0 Å². The van der Waals surface area contributed by atoms with E-state index in [1.54, 1.807) is 13.0 Å². The van der Waals surface area contributed by atoms with Crippen LogP contribution in [0.5, 0.6) is 0 Å². The van der Waals surface area contributed by atoms with E-state index in [0.29, 0.717) is 15.7 Å². The number of aryl methyl sites for hydroxylation is 1. The molecule has 2 rings (SSSR count). The second-order valence-corrected chi connectivity index (χ2v) is 6.98. The van der Waals surface area contributed by atoms with Crippen molar-refractivity contribution in [1.29, 1.82) is 0 Å². The molecule has 0 bridgehead atoms. The number of nitrogens with one attached hydrogen (secondary N) is 2. The Hall–Kier alpha value is -2.00. The van der Waals surface area contributed by atoms with Crippen LogP contribution in [0, 0.1) is 6.92 Å². The summed E-state index contributed by atoms with van der Waals surface area (Å²) in [5.74, 6) is -0.114. The molecule has 0 spiro atoms. The molecule has 1 heterocycles. The van der Waals surface area contributed by atoms with E-state index >= 15 is 0 Å². The monoisotopic (exact) mass is 384 g/mol. The maximum absolute atomic E-state index is 12.4. The molecule has 0 unspecified atom stereocenters. The van der Waals surface area contributed by atoms with Gasteiger partial charge in [-0.25, -0.2) is 13.4 Å². The van der Waals surface area contributed by atoms with E-state index in [2.05, 4.69) is 35.9 Å². The Bertz CT molecular complexity index is 810. The average molecular weight is 385 g/mol. The predicted octanol–water partition coefficient (Wildman–Crippen LogP) is 2.31. The molecule has 1 aromatic carbocycles. The maximum atomic E-state index is 12.4. The van der Waals surface area contributed by atoms with Crippen molar-refractivity contribution in [3.63, 3.8) is 0 Å². The third-order valence-electron chi connectivity index (χ3n) is 2.67. The maximum Gasteiger partial charge on any atom is 0.263 e. The summed E-state index contributed by atoms with van der Waals surface area (Å²) in [5.41, 5.74) is 0.992. The van der Waals surface area contributed by atoms with Crippen LogP contribution in [-0.4, -0.2) is 24.3 Å². The van der Waals surface area contributed by atoms with Gasteiger partial charge in [0, 0.05) is 23.8 Å². The summed E-state index contributed by atoms with van der Waals surface area (Å²) < 4.78 is 27.7. The van der Waals surface area contributed by atoms with Crippen LogP contribution < -0.4 is 10.0 Å². The van der Waals surface area contributed by atoms with Crippen molar-refractivity contribution in [3.05, 3.63) is 40.8 Å². The van der Waals surface area contributed by atoms with Gasteiger partial charge < -0.3 is 5.32 Å². The molecule has 7 nitrogen and oxygen atoms in total. The Morgan fingerprint density at radius 3 is 2.59 bits per heavy atom. The summed E-state index contributed by atoms with van der Waals surface area (Å²) in [6.07, 6.45) is 4.15. The normalized spacial score (nSPS) is 11.0. The zero-order chi connectivity index (χ0) is 16.3. The molecule has 0 aliphatic heterocycles. The molecule has 116 valence electrons. The van der Waals surface area contributed by atoms with Gasteiger partial charge in [0.25, 0.3) is 10.0 Å². The quantitative estimate of drug-likeness (QED) is 0.841. The van der Waals surface area contributed by atoms with E-state index in [1.807, 2.05) is 0 Å². The number of amides is 1. The number of hydrogen-bond donors (Lipinski definition) is 2. The smallest absolute Gasteiger partial charge is 0.263 e. The molecular formula is C13H13BrN4O3S. The molecule has 2 N–H and O–H groups in total. The minimum absolute atomic E-state index is 0.0825. The van der Waals surface area contributed by atoms with E-state index in [1.165, 1.54) is 31.6 Å².